The number of aliphatic hydroxyl groups is 1. The summed E-state index contributed by atoms with van der Waals surface area (Å²) in [6, 6.07) is 6.00. The van der Waals surface area contributed by atoms with Gasteiger partial charge in [-0.15, -0.1) is 0 Å². The molecule has 0 amide bonds. The molecule has 0 aliphatic carbocycles. The van der Waals surface area contributed by atoms with Crippen molar-refractivity contribution in [3.8, 4) is 17.6 Å². The molecule has 108 valence electrons. The smallest absolute Gasteiger partial charge is 0.135 e. The topological polar surface area (TPSA) is 38.7 Å². The summed E-state index contributed by atoms with van der Waals surface area (Å²) in [4.78, 5) is 0. The van der Waals surface area contributed by atoms with Gasteiger partial charge in [0.1, 0.15) is 12.4 Å². The lowest BCUT2D eigenvalue weighted by atomic mass is 10.1. The van der Waals surface area contributed by atoms with E-state index in [1.807, 2.05) is 25.1 Å². The van der Waals surface area contributed by atoms with Gasteiger partial charge < -0.3 is 14.6 Å². The van der Waals surface area contributed by atoms with Gasteiger partial charge in [0.15, 0.2) is 0 Å². The molecule has 2 rings (SSSR count). The van der Waals surface area contributed by atoms with Crippen LogP contribution in [0.4, 0.5) is 0 Å². The summed E-state index contributed by atoms with van der Waals surface area (Å²) in [6.07, 6.45) is 4.11. The molecule has 1 fully saturated rings. The van der Waals surface area contributed by atoms with E-state index in [0.29, 0.717) is 13.0 Å². The molecule has 1 aromatic rings. The van der Waals surface area contributed by atoms with Crippen molar-refractivity contribution >= 4 is 0 Å². The van der Waals surface area contributed by atoms with E-state index < -0.39 is 0 Å². The minimum Gasteiger partial charge on any atom is -0.490 e. The van der Waals surface area contributed by atoms with Gasteiger partial charge >= 0.3 is 0 Å². The van der Waals surface area contributed by atoms with Crippen molar-refractivity contribution in [2.75, 3.05) is 19.8 Å². The third kappa shape index (κ3) is 4.56. The van der Waals surface area contributed by atoms with Crippen LogP contribution in [0.15, 0.2) is 18.2 Å². The molecule has 0 aromatic heterocycles. The first-order chi connectivity index (χ1) is 9.79. The maximum Gasteiger partial charge on any atom is 0.135 e. The van der Waals surface area contributed by atoms with Gasteiger partial charge in [-0.2, -0.15) is 0 Å². The Hall–Kier alpha value is -1.50. The minimum absolute atomic E-state index is 0.0882. The molecular formula is C17H22O3. The Labute approximate surface area is 120 Å². The van der Waals surface area contributed by atoms with Crippen LogP contribution in [0, 0.1) is 18.8 Å². The van der Waals surface area contributed by atoms with E-state index in [1.165, 1.54) is 6.42 Å². The average molecular weight is 274 g/mol. The fraction of sp³-hybridized carbons (Fsp3) is 0.529. The monoisotopic (exact) mass is 274 g/mol. The molecule has 1 aliphatic heterocycles. The van der Waals surface area contributed by atoms with Crippen molar-refractivity contribution in [3.63, 3.8) is 0 Å². The number of hydrogen-bond acceptors (Lipinski definition) is 3. The molecule has 1 unspecified atom stereocenters. The molecule has 3 heteroatoms. The van der Waals surface area contributed by atoms with Gasteiger partial charge in [0.05, 0.1) is 18.3 Å². The van der Waals surface area contributed by atoms with Crippen LogP contribution in [0.1, 0.15) is 36.8 Å². The second kappa shape index (κ2) is 7.94. The average Bonchev–Trinajstić information content (AvgIpc) is 2.48. The number of aryl methyl sites for hydroxylation is 1. The molecular weight excluding hydrogens is 252 g/mol. The Balaban J connectivity index is 2.00. The highest BCUT2D eigenvalue weighted by molar-refractivity contribution is 5.48. The summed E-state index contributed by atoms with van der Waals surface area (Å²) in [5.74, 6) is 6.81. The number of hydrogen-bond donors (Lipinski definition) is 1. The van der Waals surface area contributed by atoms with Gasteiger partial charge in [0.2, 0.25) is 0 Å². The molecule has 1 aliphatic rings. The van der Waals surface area contributed by atoms with E-state index in [2.05, 4.69) is 11.8 Å². The lowest BCUT2D eigenvalue weighted by Gasteiger charge is -2.23. The zero-order chi connectivity index (χ0) is 14.2. The van der Waals surface area contributed by atoms with Gasteiger partial charge in [0, 0.05) is 13.0 Å². The van der Waals surface area contributed by atoms with E-state index in [9.17, 15) is 0 Å². The standard InChI is InChI=1S/C17H22O3/c1-14-8-9-17(15(12-14)6-2-4-10-18)20-13-16-7-3-5-11-19-16/h8-9,12,16,18H,3-5,7,10-11,13H2,1H3. The molecule has 1 atom stereocenters. The predicted molar refractivity (Wildman–Crippen MR) is 78.8 cm³/mol. The van der Waals surface area contributed by atoms with Crippen LogP contribution in [0.3, 0.4) is 0 Å². The number of ether oxygens (including phenoxy) is 2. The van der Waals surface area contributed by atoms with Crippen LogP contribution in [-0.2, 0) is 4.74 Å². The van der Waals surface area contributed by atoms with Crippen molar-refractivity contribution in [2.45, 2.75) is 38.7 Å². The number of rotatable bonds is 4. The maximum absolute atomic E-state index is 8.79. The van der Waals surface area contributed by atoms with Gasteiger partial charge in [-0.05, 0) is 43.9 Å². The highest BCUT2D eigenvalue weighted by Crippen LogP contribution is 2.21. The van der Waals surface area contributed by atoms with Crippen molar-refractivity contribution in [2.24, 2.45) is 0 Å². The lowest BCUT2D eigenvalue weighted by Crippen LogP contribution is -2.25. The molecule has 20 heavy (non-hydrogen) atoms. The van der Waals surface area contributed by atoms with E-state index in [-0.39, 0.29) is 12.7 Å². The van der Waals surface area contributed by atoms with Gasteiger partial charge in [-0.3, -0.25) is 0 Å². The third-order valence-electron chi connectivity index (χ3n) is 3.29. The Kier molecular flexibility index (Phi) is 5.91. The first-order valence-corrected chi connectivity index (χ1v) is 7.24. The Morgan fingerprint density at radius 2 is 2.30 bits per heavy atom. The summed E-state index contributed by atoms with van der Waals surface area (Å²) >= 11 is 0. The van der Waals surface area contributed by atoms with Gasteiger partial charge in [-0.1, -0.05) is 17.9 Å². The Morgan fingerprint density at radius 1 is 1.40 bits per heavy atom. The Bertz CT molecular complexity index is 479. The van der Waals surface area contributed by atoms with Crippen LogP contribution in [0.2, 0.25) is 0 Å². The van der Waals surface area contributed by atoms with Crippen molar-refractivity contribution in [1.29, 1.82) is 0 Å². The second-order valence-electron chi connectivity index (χ2n) is 5.07. The van der Waals surface area contributed by atoms with Crippen LogP contribution >= 0.6 is 0 Å². The fourth-order valence-electron chi connectivity index (χ4n) is 2.20. The molecule has 0 spiro atoms. The van der Waals surface area contributed by atoms with E-state index in [4.69, 9.17) is 14.6 Å². The predicted octanol–water partition coefficient (Wildman–Crippen LogP) is 2.68. The zero-order valence-corrected chi connectivity index (χ0v) is 12.0. The largest absolute Gasteiger partial charge is 0.490 e. The molecule has 1 aromatic carbocycles. The summed E-state index contributed by atoms with van der Waals surface area (Å²) < 4.78 is 11.5. The quantitative estimate of drug-likeness (QED) is 0.858. The SMILES string of the molecule is Cc1ccc(OCC2CCCCO2)c(C#CCCO)c1. The van der Waals surface area contributed by atoms with Crippen LogP contribution < -0.4 is 4.74 Å². The van der Waals surface area contributed by atoms with E-state index in [1.54, 1.807) is 0 Å². The summed E-state index contributed by atoms with van der Waals surface area (Å²) in [7, 11) is 0. The third-order valence-corrected chi connectivity index (χ3v) is 3.29. The molecule has 0 bridgehead atoms. The molecule has 1 heterocycles. The van der Waals surface area contributed by atoms with Crippen LogP contribution in [-0.4, -0.2) is 31.0 Å². The molecule has 3 nitrogen and oxygen atoms in total. The minimum atomic E-state index is 0.0882. The summed E-state index contributed by atoms with van der Waals surface area (Å²) in [5, 5.41) is 8.79. The summed E-state index contributed by atoms with van der Waals surface area (Å²) in [5.41, 5.74) is 2.04. The fourth-order valence-corrected chi connectivity index (χ4v) is 2.20. The first-order valence-electron chi connectivity index (χ1n) is 7.24. The van der Waals surface area contributed by atoms with E-state index >= 15 is 0 Å². The van der Waals surface area contributed by atoms with E-state index in [0.717, 1.165) is 36.3 Å². The number of benzene rings is 1. The van der Waals surface area contributed by atoms with Crippen molar-refractivity contribution in [1.82, 2.24) is 0 Å². The first kappa shape index (κ1) is 14.9. The zero-order valence-electron chi connectivity index (χ0n) is 12.0. The molecule has 0 radical (unpaired) electrons. The molecule has 1 saturated heterocycles. The maximum atomic E-state index is 8.79. The lowest BCUT2D eigenvalue weighted by molar-refractivity contribution is -0.0111. The van der Waals surface area contributed by atoms with Crippen molar-refractivity contribution in [3.05, 3.63) is 29.3 Å². The van der Waals surface area contributed by atoms with Gasteiger partial charge in [0.25, 0.3) is 0 Å². The molecule has 0 saturated carbocycles. The van der Waals surface area contributed by atoms with Crippen molar-refractivity contribution < 1.29 is 14.6 Å². The van der Waals surface area contributed by atoms with Crippen LogP contribution in [0.5, 0.6) is 5.75 Å². The Morgan fingerprint density at radius 3 is 3.05 bits per heavy atom. The highest BCUT2D eigenvalue weighted by atomic mass is 16.5. The number of aliphatic hydroxyl groups excluding tert-OH is 1. The summed E-state index contributed by atoms with van der Waals surface area (Å²) in [6.45, 7) is 3.54. The van der Waals surface area contributed by atoms with Gasteiger partial charge in [-0.25, -0.2) is 0 Å². The second-order valence-corrected chi connectivity index (χ2v) is 5.07. The molecule has 1 N–H and O–H groups in total. The normalized spacial score (nSPS) is 18.2. The van der Waals surface area contributed by atoms with Crippen LogP contribution in [0.25, 0.3) is 0 Å². The highest BCUT2D eigenvalue weighted by Gasteiger charge is 2.15.